The van der Waals surface area contributed by atoms with Crippen LogP contribution in [0.3, 0.4) is 0 Å². The molecule has 0 aromatic heterocycles. The van der Waals surface area contributed by atoms with E-state index in [2.05, 4.69) is 0 Å². The van der Waals surface area contributed by atoms with E-state index in [0.717, 1.165) is 5.56 Å². The van der Waals surface area contributed by atoms with Crippen LogP contribution in [0.4, 0.5) is 0 Å². The average Bonchev–Trinajstić information content (AvgIpc) is 3.56. The molecule has 7 nitrogen and oxygen atoms in total. The number of aliphatic carboxylic acids is 2. The lowest BCUT2D eigenvalue weighted by Gasteiger charge is -2.28. The van der Waals surface area contributed by atoms with Crippen LogP contribution in [0.25, 0.3) is 11.1 Å². The number of carbonyl (C=O) groups is 2. The maximum absolute atomic E-state index is 13.6. The second-order valence-electron chi connectivity index (χ2n) is 8.10. The summed E-state index contributed by atoms with van der Waals surface area (Å²) in [5.74, 6) is -3.74. The molecule has 35 heavy (non-hydrogen) atoms. The zero-order valence-electron chi connectivity index (χ0n) is 17.9. The third-order valence-electron chi connectivity index (χ3n) is 5.99. The van der Waals surface area contributed by atoms with Gasteiger partial charge in [0.1, 0.15) is 12.1 Å². The molecule has 2 atom stereocenters. The number of hydrogen-bond donors (Lipinski definition) is 2. The van der Waals surface area contributed by atoms with E-state index in [1.165, 1.54) is 24.3 Å². The molecule has 0 bridgehead atoms. The first-order valence-electron chi connectivity index (χ1n) is 10.3. The van der Waals surface area contributed by atoms with Crippen LogP contribution < -0.4 is 0 Å². The monoisotopic (exact) mass is 553 g/mol. The first-order valence-corrected chi connectivity index (χ1v) is 12.8. The molecule has 0 radical (unpaired) electrons. The summed E-state index contributed by atoms with van der Waals surface area (Å²) in [6.45, 7) is -1.02. The predicted octanol–water partition coefficient (Wildman–Crippen LogP) is 5.40. The topological polar surface area (TPSA) is 112 Å². The van der Waals surface area contributed by atoms with Crippen molar-refractivity contribution in [3.63, 3.8) is 0 Å². The van der Waals surface area contributed by atoms with Crippen LogP contribution in [0.2, 0.25) is 15.1 Å². The van der Waals surface area contributed by atoms with Crippen molar-refractivity contribution in [1.29, 1.82) is 0 Å². The Bertz CT molecular complexity index is 1410. The fraction of sp³-hybridized carbons (Fsp3) is 0.167. The van der Waals surface area contributed by atoms with Gasteiger partial charge in [0.2, 0.25) is 10.0 Å². The Kier molecular flexibility index (Phi) is 6.87. The number of rotatable bonds is 8. The van der Waals surface area contributed by atoms with Crippen molar-refractivity contribution in [2.75, 3.05) is 6.54 Å². The minimum atomic E-state index is -4.51. The molecular weight excluding hydrogens is 537 g/mol. The number of nitrogens with zero attached hydrogens (tertiary/aromatic N) is 1. The standard InChI is InChI=1S/C24H18Cl3NO6S/c25-17-6-1-14(2-7-17)15-3-8-18(9-4-15)35(33,34)28(13-22(29)30)24(23(31)32)12-19(24)16-5-10-20(26)21(27)11-16/h1-11,19H,12-13H2,(H,29,30)(H,31,32)/t19-,24+/m0/s1. The Morgan fingerprint density at radius 1 is 0.886 bits per heavy atom. The van der Waals surface area contributed by atoms with E-state index in [1.54, 1.807) is 42.5 Å². The van der Waals surface area contributed by atoms with Crippen molar-refractivity contribution in [1.82, 2.24) is 4.31 Å². The van der Waals surface area contributed by atoms with Crippen LogP contribution in [0.5, 0.6) is 0 Å². The van der Waals surface area contributed by atoms with Gasteiger partial charge >= 0.3 is 11.9 Å². The largest absolute Gasteiger partial charge is 0.480 e. The van der Waals surface area contributed by atoms with Crippen LogP contribution in [-0.4, -0.2) is 47.0 Å². The Labute approximate surface area is 216 Å². The van der Waals surface area contributed by atoms with Crippen molar-refractivity contribution in [2.24, 2.45) is 0 Å². The van der Waals surface area contributed by atoms with Crippen molar-refractivity contribution in [3.05, 3.63) is 87.4 Å². The summed E-state index contributed by atoms with van der Waals surface area (Å²) in [4.78, 5) is 23.8. The molecular formula is C24H18Cl3NO6S. The van der Waals surface area contributed by atoms with E-state index in [9.17, 15) is 28.2 Å². The Hall–Kier alpha value is -2.62. The van der Waals surface area contributed by atoms with Gasteiger partial charge in [-0.05, 0) is 59.5 Å². The maximum atomic E-state index is 13.6. The Morgan fingerprint density at radius 3 is 1.97 bits per heavy atom. The molecule has 2 N–H and O–H groups in total. The third-order valence-corrected chi connectivity index (χ3v) is 8.89. The molecule has 0 unspecified atom stereocenters. The predicted molar refractivity (Wildman–Crippen MR) is 133 cm³/mol. The second kappa shape index (κ2) is 9.44. The highest BCUT2D eigenvalue weighted by Gasteiger charge is 2.68. The zero-order chi connectivity index (χ0) is 25.5. The average molecular weight is 555 g/mol. The normalized spacial score (nSPS) is 19.5. The molecule has 1 aliphatic rings. The highest BCUT2D eigenvalue weighted by atomic mass is 35.5. The lowest BCUT2D eigenvalue weighted by molar-refractivity contribution is -0.145. The quantitative estimate of drug-likeness (QED) is 0.386. The van der Waals surface area contributed by atoms with Gasteiger partial charge in [-0.25, -0.2) is 8.42 Å². The lowest BCUT2D eigenvalue weighted by atomic mass is 10.1. The van der Waals surface area contributed by atoms with E-state index in [4.69, 9.17) is 34.8 Å². The number of benzene rings is 3. The van der Waals surface area contributed by atoms with Crippen LogP contribution in [0.15, 0.2) is 71.6 Å². The zero-order valence-corrected chi connectivity index (χ0v) is 20.9. The summed E-state index contributed by atoms with van der Waals surface area (Å²) in [5, 5.41) is 20.6. The van der Waals surface area contributed by atoms with Gasteiger partial charge in [0, 0.05) is 10.9 Å². The summed E-state index contributed by atoms with van der Waals surface area (Å²) in [5.41, 5.74) is -0.0305. The van der Waals surface area contributed by atoms with Gasteiger partial charge in [0.25, 0.3) is 0 Å². The summed E-state index contributed by atoms with van der Waals surface area (Å²) < 4.78 is 27.7. The first kappa shape index (κ1) is 25.5. The van der Waals surface area contributed by atoms with Crippen molar-refractivity contribution >= 4 is 56.8 Å². The number of carboxylic acids is 2. The number of halogens is 3. The molecule has 0 aliphatic heterocycles. The fourth-order valence-electron chi connectivity index (χ4n) is 4.15. The SMILES string of the molecule is O=C(O)CN([C@]1(C(=O)O)C[C@H]1c1ccc(Cl)c(Cl)c1)S(=O)(=O)c1ccc(-c2ccc(Cl)cc2)cc1. The van der Waals surface area contributed by atoms with Crippen LogP contribution in [0.1, 0.15) is 17.9 Å². The molecule has 1 fully saturated rings. The summed E-state index contributed by atoms with van der Waals surface area (Å²) in [6.07, 6.45) is -0.115. The molecule has 0 spiro atoms. The van der Waals surface area contributed by atoms with E-state index in [0.29, 0.717) is 20.5 Å². The molecule has 3 aromatic rings. The minimum absolute atomic E-state index is 0.115. The van der Waals surface area contributed by atoms with Gasteiger partial charge in [-0.2, -0.15) is 4.31 Å². The highest BCUT2D eigenvalue weighted by molar-refractivity contribution is 7.89. The molecule has 0 amide bonds. The second-order valence-corrected chi connectivity index (χ2v) is 11.2. The lowest BCUT2D eigenvalue weighted by Crippen LogP contribution is -2.50. The van der Waals surface area contributed by atoms with E-state index in [-0.39, 0.29) is 21.4 Å². The van der Waals surface area contributed by atoms with Gasteiger partial charge < -0.3 is 10.2 Å². The molecule has 1 aliphatic carbocycles. The molecule has 0 saturated heterocycles. The van der Waals surface area contributed by atoms with Gasteiger partial charge in [-0.3, -0.25) is 9.59 Å². The minimum Gasteiger partial charge on any atom is -0.480 e. The first-order chi connectivity index (χ1) is 16.5. The third kappa shape index (κ3) is 4.77. The van der Waals surface area contributed by atoms with Crippen LogP contribution in [-0.2, 0) is 19.6 Å². The summed E-state index contributed by atoms with van der Waals surface area (Å²) >= 11 is 17.9. The molecule has 182 valence electrons. The van der Waals surface area contributed by atoms with Crippen molar-refractivity contribution in [2.45, 2.75) is 22.8 Å². The summed E-state index contributed by atoms with van der Waals surface area (Å²) in [7, 11) is -4.51. The molecule has 4 rings (SSSR count). The van der Waals surface area contributed by atoms with Crippen molar-refractivity contribution < 1.29 is 28.2 Å². The Balaban J connectivity index is 1.73. The van der Waals surface area contributed by atoms with E-state index >= 15 is 0 Å². The molecule has 3 aromatic carbocycles. The maximum Gasteiger partial charge on any atom is 0.325 e. The fourth-order valence-corrected chi connectivity index (χ4v) is 6.30. The van der Waals surface area contributed by atoms with Gasteiger partial charge in [-0.15, -0.1) is 0 Å². The highest BCUT2D eigenvalue weighted by Crippen LogP contribution is 2.57. The molecule has 0 heterocycles. The molecule has 1 saturated carbocycles. The number of carboxylic acid groups (broad SMARTS) is 2. The van der Waals surface area contributed by atoms with Crippen LogP contribution >= 0.6 is 34.8 Å². The van der Waals surface area contributed by atoms with Gasteiger partial charge in [-0.1, -0.05) is 65.1 Å². The smallest absolute Gasteiger partial charge is 0.325 e. The Morgan fingerprint density at radius 2 is 1.46 bits per heavy atom. The van der Waals surface area contributed by atoms with Crippen molar-refractivity contribution in [3.8, 4) is 11.1 Å². The van der Waals surface area contributed by atoms with Gasteiger partial charge in [0.15, 0.2) is 0 Å². The van der Waals surface area contributed by atoms with Crippen LogP contribution in [0, 0.1) is 0 Å². The van der Waals surface area contributed by atoms with Gasteiger partial charge in [0.05, 0.1) is 14.9 Å². The molecule has 11 heteroatoms. The summed E-state index contributed by atoms with van der Waals surface area (Å²) in [6, 6.07) is 17.2. The van der Waals surface area contributed by atoms with E-state index < -0.39 is 40.0 Å². The number of hydrogen-bond acceptors (Lipinski definition) is 4. The number of sulfonamides is 1. The van der Waals surface area contributed by atoms with E-state index in [1.807, 2.05) is 0 Å².